The topological polar surface area (TPSA) is 90.5 Å². The van der Waals surface area contributed by atoms with Crippen LogP contribution in [0.3, 0.4) is 0 Å². The van der Waals surface area contributed by atoms with Crippen LogP contribution >= 0.6 is 0 Å². The monoisotopic (exact) mass is 278 g/mol. The van der Waals surface area contributed by atoms with Crippen molar-refractivity contribution in [3.63, 3.8) is 0 Å². The van der Waals surface area contributed by atoms with Gasteiger partial charge in [0, 0.05) is 18.8 Å². The number of pyridine rings is 1. The Kier molecular flexibility index (Phi) is 4.22. The predicted octanol–water partition coefficient (Wildman–Crippen LogP) is 1.09. The molecular weight excluding hydrogens is 260 g/mol. The van der Waals surface area contributed by atoms with Crippen LogP contribution < -0.4 is 5.56 Å². The van der Waals surface area contributed by atoms with E-state index in [1.165, 1.54) is 23.2 Å². The van der Waals surface area contributed by atoms with Gasteiger partial charge in [0.15, 0.2) is 0 Å². The number of carboxylic acid groups (broad SMARTS) is 1. The number of nitrogens with zero attached hydrogens (tertiary/aromatic N) is 1. The summed E-state index contributed by atoms with van der Waals surface area (Å²) >= 11 is 0. The number of hydrogen-bond acceptors (Lipinski definition) is 3. The van der Waals surface area contributed by atoms with Crippen molar-refractivity contribution in [3.8, 4) is 0 Å². The summed E-state index contributed by atoms with van der Waals surface area (Å²) in [5.74, 6) is -0.972. The van der Waals surface area contributed by atoms with E-state index in [4.69, 9.17) is 0 Å². The van der Waals surface area contributed by atoms with E-state index < -0.39 is 12.0 Å². The van der Waals surface area contributed by atoms with Crippen molar-refractivity contribution >= 4 is 11.9 Å². The van der Waals surface area contributed by atoms with Crippen LogP contribution in [0.1, 0.15) is 36.5 Å². The number of carboxylic acids is 1. The summed E-state index contributed by atoms with van der Waals surface area (Å²) < 4.78 is 0. The normalized spacial score (nSPS) is 22.6. The third-order valence-corrected chi connectivity index (χ3v) is 3.87. The van der Waals surface area contributed by atoms with Crippen molar-refractivity contribution in [1.29, 1.82) is 0 Å². The highest BCUT2D eigenvalue weighted by atomic mass is 16.4. The van der Waals surface area contributed by atoms with E-state index in [0.717, 1.165) is 12.8 Å². The molecule has 20 heavy (non-hydrogen) atoms. The number of aliphatic carboxylic acids is 1. The van der Waals surface area contributed by atoms with Crippen molar-refractivity contribution in [3.05, 3.63) is 34.2 Å². The largest absolute Gasteiger partial charge is 0.480 e. The lowest BCUT2D eigenvalue weighted by Gasteiger charge is -2.36. The number of likely N-dealkylation sites (tertiary alicyclic amines) is 1. The Labute approximate surface area is 116 Å². The van der Waals surface area contributed by atoms with E-state index in [1.807, 2.05) is 6.92 Å². The van der Waals surface area contributed by atoms with Crippen LogP contribution in [0.25, 0.3) is 0 Å². The number of piperidine rings is 1. The number of nitrogens with one attached hydrogen (secondary N) is 1. The molecule has 2 heterocycles. The fraction of sp³-hybridized carbons (Fsp3) is 0.500. The highest BCUT2D eigenvalue weighted by Gasteiger charge is 2.35. The van der Waals surface area contributed by atoms with Gasteiger partial charge in [0.25, 0.3) is 5.91 Å². The molecule has 1 aromatic rings. The Morgan fingerprint density at radius 1 is 1.45 bits per heavy atom. The number of carbonyl (C=O) groups is 2. The lowest BCUT2D eigenvalue weighted by molar-refractivity contribution is -0.144. The second kappa shape index (κ2) is 5.90. The number of H-pyrrole nitrogens is 1. The standard InChI is InChI=1S/C14H18N2O4/c1-2-9-5-6-16(11(7-9)14(19)20)13(18)10-3-4-12(17)15-8-10/h3-4,8-9,11H,2,5-7H2,1H3,(H,15,17)(H,19,20). The average Bonchev–Trinajstić information content (AvgIpc) is 2.46. The van der Waals surface area contributed by atoms with Crippen LogP contribution in [0.4, 0.5) is 0 Å². The Balaban J connectivity index is 2.21. The third kappa shape index (κ3) is 2.89. The van der Waals surface area contributed by atoms with Crippen molar-refractivity contribution in [2.75, 3.05) is 6.54 Å². The van der Waals surface area contributed by atoms with Crippen LogP contribution in [0.5, 0.6) is 0 Å². The van der Waals surface area contributed by atoms with Crippen LogP contribution in [-0.4, -0.2) is 39.5 Å². The fourth-order valence-electron chi connectivity index (χ4n) is 2.60. The van der Waals surface area contributed by atoms with E-state index in [2.05, 4.69) is 4.98 Å². The first-order valence-corrected chi connectivity index (χ1v) is 6.75. The smallest absolute Gasteiger partial charge is 0.326 e. The lowest BCUT2D eigenvalue weighted by atomic mass is 9.88. The first-order valence-electron chi connectivity index (χ1n) is 6.75. The zero-order valence-electron chi connectivity index (χ0n) is 11.3. The number of carbonyl (C=O) groups excluding carboxylic acids is 1. The summed E-state index contributed by atoms with van der Waals surface area (Å²) in [7, 11) is 0. The maximum Gasteiger partial charge on any atom is 0.326 e. The molecule has 2 rings (SSSR count). The zero-order valence-corrected chi connectivity index (χ0v) is 11.3. The molecule has 0 bridgehead atoms. The molecular formula is C14H18N2O4. The fourth-order valence-corrected chi connectivity index (χ4v) is 2.60. The highest BCUT2D eigenvalue weighted by Crippen LogP contribution is 2.26. The third-order valence-electron chi connectivity index (χ3n) is 3.87. The Morgan fingerprint density at radius 2 is 2.20 bits per heavy atom. The molecule has 2 N–H and O–H groups in total. The maximum absolute atomic E-state index is 12.4. The van der Waals surface area contributed by atoms with Crippen molar-refractivity contribution in [2.24, 2.45) is 5.92 Å². The molecule has 1 aliphatic rings. The highest BCUT2D eigenvalue weighted by molar-refractivity contribution is 5.96. The molecule has 0 saturated carbocycles. The first kappa shape index (κ1) is 14.3. The second-order valence-electron chi connectivity index (χ2n) is 5.09. The number of hydrogen-bond donors (Lipinski definition) is 2. The van der Waals surface area contributed by atoms with E-state index in [9.17, 15) is 19.5 Å². The molecule has 2 atom stereocenters. The number of aromatic nitrogens is 1. The van der Waals surface area contributed by atoms with Crippen LogP contribution in [0, 0.1) is 5.92 Å². The van der Waals surface area contributed by atoms with Gasteiger partial charge in [-0.2, -0.15) is 0 Å². The molecule has 1 fully saturated rings. The van der Waals surface area contributed by atoms with Crippen LogP contribution in [0.2, 0.25) is 0 Å². The predicted molar refractivity (Wildman–Crippen MR) is 72.5 cm³/mol. The van der Waals surface area contributed by atoms with E-state index in [-0.39, 0.29) is 11.5 Å². The van der Waals surface area contributed by atoms with Gasteiger partial charge in [-0.25, -0.2) is 4.79 Å². The molecule has 1 amide bonds. The average molecular weight is 278 g/mol. The molecule has 6 nitrogen and oxygen atoms in total. The number of rotatable bonds is 3. The molecule has 2 unspecified atom stereocenters. The van der Waals surface area contributed by atoms with Gasteiger partial charge in [-0.05, 0) is 24.8 Å². The summed E-state index contributed by atoms with van der Waals surface area (Å²) in [5.41, 5.74) is 0.0202. The van der Waals surface area contributed by atoms with Gasteiger partial charge in [-0.3, -0.25) is 9.59 Å². The second-order valence-corrected chi connectivity index (χ2v) is 5.09. The Morgan fingerprint density at radius 3 is 2.75 bits per heavy atom. The van der Waals surface area contributed by atoms with E-state index >= 15 is 0 Å². The summed E-state index contributed by atoms with van der Waals surface area (Å²) in [5, 5.41) is 9.31. The summed E-state index contributed by atoms with van der Waals surface area (Å²) in [6, 6.07) is 1.90. The Hall–Kier alpha value is -2.11. The number of aromatic amines is 1. The van der Waals surface area contributed by atoms with Gasteiger partial charge in [0.05, 0.1) is 5.56 Å². The van der Waals surface area contributed by atoms with Gasteiger partial charge < -0.3 is 15.0 Å². The minimum Gasteiger partial charge on any atom is -0.480 e. The molecule has 1 aliphatic heterocycles. The quantitative estimate of drug-likeness (QED) is 0.866. The molecule has 1 aromatic heterocycles. The maximum atomic E-state index is 12.4. The van der Waals surface area contributed by atoms with E-state index in [1.54, 1.807) is 0 Å². The number of amides is 1. The van der Waals surface area contributed by atoms with Gasteiger partial charge in [0.2, 0.25) is 5.56 Å². The molecule has 1 saturated heterocycles. The Bertz CT molecular complexity index is 546. The zero-order chi connectivity index (χ0) is 14.7. The summed E-state index contributed by atoms with van der Waals surface area (Å²) in [6.45, 7) is 2.47. The van der Waals surface area contributed by atoms with Crippen LogP contribution in [-0.2, 0) is 4.79 Å². The SMILES string of the molecule is CCC1CCN(C(=O)c2ccc(=O)[nH]c2)C(C(=O)O)C1. The van der Waals surface area contributed by atoms with Crippen molar-refractivity contribution in [1.82, 2.24) is 9.88 Å². The van der Waals surface area contributed by atoms with Gasteiger partial charge in [0.1, 0.15) is 6.04 Å². The summed E-state index contributed by atoms with van der Waals surface area (Å²) in [4.78, 5) is 38.6. The summed E-state index contributed by atoms with van der Waals surface area (Å²) in [6.07, 6.45) is 3.55. The molecule has 0 radical (unpaired) electrons. The van der Waals surface area contributed by atoms with Gasteiger partial charge in [-0.1, -0.05) is 13.3 Å². The van der Waals surface area contributed by atoms with E-state index in [0.29, 0.717) is 24.4 Å². The molecule has 6 heteroatoms. The van der Waals surface area contributed by atoms with Gasteiger partial charge >= 0.3 is 5.97 Å². The van der Waals surface area contributed by atoms with Crippen LogP contribution in [0.15, 0.2) is 23.1 Å². The minimum atomic E-state index is -0.971. The molecule has 0 aromatic carbocycles. The van der Waals surface area contributed by atoms with Crippen molar-refractivity contribution in [2.45, 2.75) is 32.2 Å². The minimum absolute atomic E-state index is 0.291. The van der Waals surface area contributed by atoms with Crippen molar-refractivity contribution < 1.29 is 14.7 Å². The molecule has 0 spiro atoms. The van der Waals surface area contributed by atoms with Gasteiger partial charge in [-0.15, -0.1) is 0 Å². The first-order chi connectivity index (χ1) is 9.52. The lowest BCUT2D eigenvalue weighted by Crippen LogP contribution is -2.50. The molecule has 0 aliphatic carbocycles. The molecule has 108 valence electrons.